The van der Waals surface area contributed by atoms with Crippen LogP contribution in [-0.2, 0) is 9.53 Å². The highest BCUT2D eigenvalue weighted by atomic mass is 16.5. The van der Waals surface area contributed by atoms with E-state index in [2.05, 4.69) is 5.32 Å². The molecule has 7 heteroatoms. The molecule has 2 rings (SSSR count). The summed E-state index contributed by atoms with van der Waals surface area (Å²) in [4.78, 5) is 24.6. The number of aliphatic hydroxyl groups is 2. The zero-order valence-electron chi connectivity index (χ0n) is 15.5. The number of fused-ring (bicyclic) bond motifs is 1. The van der Waals surface area contributed by atoms with E-state index >= 15 is 0 Å². The van der Waals surface area contributed by atoms with Gasteiger partial charge in [-0.2, -0.15) is 0 Å². The lowest BCUT2D eigenvalue weighted by molar-refractivity contribution is -0.127. The third-order valence-electron chi connectivity index (χ3n) is 4.57. The van der Waals surface area contributed by atoms with Crippen molar-refractivity contribution < 1.29 is 29.6 Å². The van der Waals surface area contributed by atoms with Gasteiger partial charge in [-0.05, 0) is 31.1 Å². The number of hydrogen-bond acceptors (Lipinski definition) is 7. The number of benzene rings is 1. The average Bonchev–Trinajstić information content (AvgIpc) is 2.63. The first-order chi connectivity index (χ1) is 12.7. The lowest BCUT2D eigenvalue weighted by atomic mass is 9.99. The fraction of sp³-hybridized carbons (Fsp3) is 0.400. The molecule has 0 radical (unpaired) electrons. The molecule has 146 valence electrons. The lowest BCUT2D eigenvalue weighted by Crippen LogP contribution is -2.32. The molecule has 0 saturated carbocycles. The van der Waals surface area contributed by atoms with Crippen molar-refractivity contribution in [2.45, 2.75) is 38.6 Å². The Morgan fingerprint density at radius 2 is 1.85 bits per heavy atom. The van der Waals surface area contributed by atoms with Crippen LogP contribution in [0.15, 0.2) is 30.4 Å². The molecule has 0 aromatic heterocycles. The smallest absolute Gasteiger partial charge is 0.342 e. The number of ether oxygens (including phenoxy) is 1. The van der Waals surface area contributed by atoms with Gasteiger partial charge in [-0.1, -0.05) is 25.2 Å². The maximum Gasteiger partial charge on any atom is 0.342 e. The van der Waals surface area contributed by atoms with E-state index in [0.29, 0.717) is 11.3 Å². The molecule has 0 spiro atoms. The van der Waals surface area contributed by atoms with Crippen LogP contribution in [0.25, 0.3) is 6.08 Å². The average molecular weight is 375 g/mol. The van der Waals surface area contributed by atoms with Crippen molar-refractivity contribution in [2.75, 3.05) is 12.4 Å². The van der Waals surface area contributed by atoms with Crippen molar-refractivity contribution >= 4 is 23.5 Å². The van der Waals surface area contributed by atoms with Gasteiger partial charge in [0.15, 0.2) is 5.78 Å². The summed E-state index contributed by atoms with van der Waals surface area (Å²) in [5, 5.41) is 33.2. The Kier molecular flexibility index (Phi) is 6.76. The number of esters is 1. The Balaban J connectivity index is 2.50. The molecule has 27 heavy (non-hydrogen) atoms. The first kappa shape index (κ1) is 20.7. The fourth-order valence-electron chi connectivity index (χ4n) is 2.64. The van der Waals surface area contributed by atoms with E-state index in [1.54, 1.807) is 27.0 Å². The molecule has 4 atom stereocenters. The number of anilines is 1. The summed E-state index contributed by atoms with van der Waals surface area (Å²) in [6, 6.07) is 3.07. The highest BCUT2D eigenvalue weighted by Crippen LogP contribution is 2.29. The van der Waals surface area contributed by atoms with Gasteiger partial charge in [-0.15, -0.1) is 0 Å². The minimum absolute atomic E-state index is 0.00820. The topological polar surface area (TPSA) is 116 Å². The standard InChI is InChI=1S/C20H25NO6/c1-11-7-8-16(23)19(25)15(22)6-4-5-13-9-14(21-3)10-17(24)18(13)20(26)27-12(11)2/h4-5,7-12,15,19,21-22,24-25H,6H2,1-3H3/b5-4+,8-7-/t11-,12?,15?,19?/m1/s1. The van der Waals surface area contributed by atoms with Crippen molar-refractivity contribution in [2.24, 2.45) is 5.92 Å². The molecule has 4 N–H and O–H groups in total. The zero-order valence-corrected chi connectivity index (χ0v) is 15.5. The summed E-state index contributed by atoms with van der Waals surface area (Å²) in [5.74, 6) is -1.85. The van der Waals surface area contributed by atoms with Crippen LogP contribution >= 0.6 is 0 Å². The summed E-state index contributed by atoms with van der Waals surface area (Å²) < 4.78 is 5.44. The van der Waals surface area contributed by atoms with Crippen molar-refractivity contribution in [3.63, 3.8) is 0 Å². The fourth-order valence-corrected chi connectivity index (χ4v) is 2.64. The van der Waals surface area contributed by atoms with E-state index in [9.17, 15) is 24.9 Å². The maximum atomic E-state index is 12.6. The summed E-state index contributed by atoms with van der Waals surface area (Å²) in [6.07, 6.45) is 2.34. The molecule has 0 aliphatic carbocycles. The van der Waals surface area contributed by atoms with Gasteiger partial charge in [0, 0.05) is 24.7 Å². The molecule has 3 unspecified atom stereocenters. The Bertz CT molecular complexity index is 770. The summed E-state index contributed by atoms with van der Waals surface area (Å²) in [5.41, 5.74) is 0.992. The highest BCUT2D eigenvalue weighted by molar-refractivity contribution is 5.97. The molecule has 1 aliphatic heterocycles. The Hall–Kier alpha value is -2.64. The number of aromatic hydroxyl groups is 1. The second kappa shape index (κ2) is 8.83. The molecule has 1 aliphatic rings. The van der Waals surface area contributed by atoms with Crippen molar-refractivity contribution in [1.29, 1.82) is 0 Å². The van der Waals surface area contributed by atoms with E-state index in [4.69, 9.17) is 4.74 Å². The van der Waals surface area contributed by atoms with Crippen LogP contribution in [0, 0.1) is 5.92 Å². The molecule has 1 aromatic carbocycles. The van der Waals surface area contributed by atoms with Crippen molar-refractivity contribution in [1.82, 2.24) is 0 Å². The second-order valence-electron chi connectivity index (χ2n) is 6.59. The summed E-state index contributed by atoms with van der Waals surface area (Å²) in [6.45, 7) is 3.42. The molecule has 7 nitrogen and oxygen atoms in total. The molecule has 0 fully saturated rings. The van der Waals surface area contributed by atoms with Crippen LogP contribution in [0.4, 0.5) is 5.69 Å². The second-order valence-corrected chi connectivity index (χ2v) is 6.59. The van der Waals surface area contributed by atoms with E-state index in [0.717, 1.165) is 0 Å². The molecule has 1 heterocycles. The van der Waals surface area contributed by atoms with E-state index in [-0.39, 0.29) is 23.7 Å². The van der Waals surface area contributed by atoms with Crippen molar-refractivity contribution in [3.05, 3.63) is 41.5 Å². The van der Waals surface area contributed by atoms with Gasteiger partial charge in [-0.3, -0.25) is 4.79 Å². The Labute approximate surface area is 158 Å². The van der Waals surface area contributed by atoms with E-state index in [1.807, 2.05) is 0 Å². The number of cyclic esters (lactones) is 1. The number of phenols is 1. The Morgan fingerprint density at radius 1 is 1.15 bits per heavy atom. The van der Waals surface area contributed by atoms with E-state index < -0.39 is 30.1 Å². The van der Waals surface area contributed by atoms with Gasteiger partial charge >= 0.3 is 5.97 Å². The lowest BCUT2D eigenvalue weighted by Gasteiger charge is -2.20. The molecule has 0 bridgehead atoms. The zero-order chi connectivity index (χ0) is 20.1. The van der Waals surface area contributed by atoms with Gasteiger partial charge in [0.25, 0.3) is 0 Å². The normalized spacial score (nSPS) is 29.2. The van der Waals surface area contributed by atoms with Crippen LogP contribution in [0.1, 0.15) is 36.2 Å². The predicted molar refractivity (Wildman–Crippen MR) is 102 cm³/mol. The SMILES string of the molecule is CNc1cc(O)c2c(c1)/C=C/CC(O)C(O)C(=O)/C=C\[C@@H](C)C(C)OC2=O. The van der Waals surface area contributed by atoms with Crippen LogP contribution in [0.2, 0.25) is 0 Å². The quantitative estimate of drug-likeness (QED) is 0.554. The maximum absolute atomic E-state index is 12.6. The van der Waals surface area contributed by atoms with Crippen LogP contribution in [0.5, 0.6) is 5.75 Å². The van der Waals surface area contributed by atoms with E-state index in [1.165, 1.54) is 30.4 Å². The number of rotatable bonds is 1. The number of ketones is 1. The van der Waals surface area contributed by atoms with Gasteiger partial charge in [0.1, 0.15) is 23.5 Å². The summed E-state index contributed by atoms with van der Waals surface area (Å²) >= 11 is 0. The molecular weight excluding hydrogens is 350 g/mol. The number of hydrogen-bond donors (Lipinski definition) is 4. The molecular formula is C20H25NO6. The number of carbonyl (C=O) groups excluding carboxylic acids is 2. The predicted octanol–water partition coefficient (Wildman–Crippen LogP) is 1.88. The van der Waals surface area contributed by atoms with Gasteiger partial charge in [-0.25, -0.2) is 4.79 Å². The molecule has 0 saturated heterocycles. The third-order valence-corrected chi connectivity index (χ3v) is 4.57. The summed E-state index contributed by atoms with van der Waals surface area (Å²) in [7, 11) is 1.67. The molecule has 0 amide bonds. The number of aliphatic hydroxyl groups excluding tert-OH is 2. The largest absolute Gasteiger partial charge is 0.507 e. The van der Waals surface area contributed by atoms with Gasteiger partial charge < -0.3 is 25.4 Å². The van der Waals surface area contributed by atoms with Gasteiger partial charge in [0.05, 0.1) is 6.10 Å². The molecule has 1 aromatic rings. The first-order valence-electron chi connectivity index (χ1n) is 8.75. The van der Waals surface area contributed by atoms with Crippen LogP contribution in [0.3, 0.4) is 0 Å². The third kappa shape index (κ3) is 4.96. The van der Waals surface area contributed by atoms with Crippen LogP contribution < -0.4 is 5.32 Å². The minimum Gasteiger partial charge on any atom is -0.507 e. The highest BCUT2D eigenvalue weighted by Gasteiger charge is 2.25. The van der Waals surface area contributed by atoms with Crippen molar-refractivity contribution in [3.8, 4) is 5.75 Å². The number of nitrogens with one attached hydrogen (secondary N) is 1. The number of carbonyl (C=O) groups is 2. The minimum atomic E-state index is -1.55. The van der Waals surface area contributed by atoms with Crippen LogP contribution in [-0.4, -0.2) is 52.4 Å². The number of phenolic OH excluding ortho intramolecular Hbond substituents is 1. The first-order valence-corrected chi connectivity index (χ1v) is 8.75. The van der Waals surface area contributed by atoms with Gasteiger partial charge in [0.2, 0.25) is 0 Å². The Morgan fingerprint density at radius 3 is 2.52 bits per heavy atom. The monoisotopic (exact) mass is 375 g/mol.